The second-order valence-electron chi connectivity index (χ2n) is 5.44. The van der Waals surface area contributed by atoms with Crippen LogP contribution in [0.15, 0.2) is 12.1 Å². The van der Waals surface area contributed by atoms with E-state index in [4.69, 9.17) is 0 Å². The van der Waals surface area contributed by atoms with Crippen molar-refractivity contribution < 1.29 is 18.0 Å². The zero-order valence-corrected chi connectivity index (χ0v) is 11.9. The van der Waals surface area contributed by atoms with Crippen molar-refractivity contribution in [1.29, 1.82) is 0 Å². The van der Waals surface area contributed by atoms with Crippen LogP contribution in [-0.2, 0) is 4.79 Å². The molecule has 1 aromatic carbocycles. The largest absolute Gasteiger partial charge is 0.322 e. The maximum atomic E-state index is 13.5. The van der Waals surface area contributed by atoms with Crippen LogP contribution in [0.25, 0.3) is 0 Å². The van der Waals surface area contributed by atoms with E-state index in [9.17, 15) is 18.0 Å². The summed E-state index contributed by atoms with van der Waals surface area (Å²) >= 11 is 0. The van der Waals surface area contributed by atoms with Gasteiger partial charge in [0.25, 0.3) is 0 Å². The summed E-state index contributed by atoms with van der Waals surface area (Å²) in [5.74, 6) is -4.71. The van der Waals surface area contributed by atoms with Crippen LogP contribution in [0, 0.1) is 17.5 Å². The standard InChI is InChI=1S/C15H19F3N2O/c1-9(19-10-5-3-2-4-6-10)15(21)20-12-8-7-11(16)13(17)14(12)18/h7-10,19H,2-6H2,1H3,(H,20,21)/t9-/m0/s1. The lowest BCUT2D eigenvalue weighted by Gasteiger charge is -2.26. The molecular formula is C15H19F3N2O. The summed E-state index contributed by atoms with van der Waals surface area (Å²) in [4.78, 5) is 12.0. The van der Waals surface area contributed by atoms with Crippen LogP contribution >= 0.6 is 0 Å². The molecule has 1 saturated carbocycles. The fraction of sp³-hybridized carbons (Fsp3) is 0.533. The number of carbonyl (C=O) groups is 1. The van der Waals surface area contributed by atoms with Crippen molar-refractivity contribution in [2.45, 2.75) is 51.1 Å². The van der Waals surface area contributed by atoms with E-state index < -0.39 is 29.4 Å². The number of halogens is 3. The summed E-state index contributed by atoms with van der Waals surface area (Å²) in [6.07, 6.45) is 5.49. The topological polar surface area (TPSA) is 41.1 Å². The Hall–Kier alpha value is -1.56. The minimum atomic E-state index is -1.58. The third-order valence-electron chi connectivity index (χ3n) is 3.78. The number of hydrogen-bond acceptors (Lipinski definition) is 2. The van der Waals surface area contributed by atoms with E-state index in [2.05, 4.69) is 10.6 Å². The molecule has 0 aromatic heterocycles. The van der Waals surface area contributed by atoms with E-state index in [1.54, 1.807) is 6.92 Å². The Bertz CT molecular complexity index is 516. The molecule has 1 aliphatic rings. The number of amides is 1. The molecule has 0 radical (unpaired) electrons. The monoisotopic (exact) mass is 300 g/mol. The zero-order chi connectivity index (χ0) is 15.4. The normalized spacial score (nSPS) is 17.5. The smallest absolute Gasteiger partial charge is 0.241 e. The SMILES string of the molecule is C[C@H](NC1CCCCC1)C(=O)Nc1ccc(F)c(F)c1F. The molecule has 1 aromatic rings. The van der Waals surface area contributed by atoms with Gasteiger partial charge in [-0.2, -0.15) is 0 Å². The van der Waals surface area contributed by atoms with Gasteiger partial charge in [-0.25, -0.2) is 13.2 Å². The van der Waals surface area contributed by atoms with Gasteiger partial charge in [0, 0.05) is 6.04 Å². The highest BCUT2D eigenvalue weighted by Gasteiger charge is 2.21. The Morgan fingerprint density at radius 3 is 2.48 bits per heavy atom. The van der Waals surface area contributed by atoms with Gasteiger partial charge in [0.05, 0.1) is 11.7 Å². The summed E-state index contributed by atoms with van der Waals surface area (Å²) in [6, 6.07) is 1.54. The Balaban J connectivity index is 1.95. The van der Waals surface area contributed by atoms with Gasteiger partial charge in [0.15, 0.2) is 17.5 Å². The summed E-state index contributed by atoms with van der Waals surface area (Å²) in [6.45, 7) is 1.67. The predicted octanol–water partition coefficient (Wildman–Crippen LogP) is 3.35. The summed E-state index contributed by atoms with van der Waals surface area (Å²) in [5, 5.41) is 5.47. The third kappa shape index (κ3) is 3.97. The van der Waals surface area contributed by atoms with E-state index in [1.807, 2.05) is 0 Å². The molecular weight excluding hydrogens is 281 g/mol. The highest BCUT2D eigenvalue weighted by Crippen LogP contribution is 2.20. The van der Waals surface area contributed by atoms with Gasteiger partial charge < -0.3 is 10.6 Å². The quantitative estimate of drug-likeness (QED) is 0.837. The molecule has 1 aliphatic carbocycles. The van der Waals surface area contributed by atoms with Crippen LogP contribution in [0.3, 0.4) is 0 Å². The minimum absolute atomic E-state index is 0.273. The lowest BCUT2D eigenvalue weighted by Crippen LogP contribution is -2.44. The first-order valence-corrected chi connectivity index (χ1v) is 7.19. The highest BCUT2D eigenvalue weighted by molar-refractivity contribution is 5.94. The van der Waals surface area contributed by atoms with Crippen molar-refractivity contribution in [2.24, 2.45) is 0 Å². The molecule has 21 heavy (non-hydrogen) atoms. The van der Waals surface area contributed by atoms with E-state index in [0.717, 1.165) is 37.8 Å². The van der Waals surface area contributed by atoms with E-state index in [0.29, 0.717) is 0 Å². The summed E-state index contributed by atoms with van der Waals surface area (Å²) < 4.78 is 39.4. The van der Waals surface area contributed by atoms with Crippen LogP contribution in [0.4, 0.5) is 18.9 Å². The summed E-state index contributed by atoms with van der Waals surface area (Å²) in [5.41, 5.74) is -0.351. The first kappa shape index (κ1) is 15.8. The number of anilines is 1. The zero-order valence-electron chi connectivity index (χ0n) is 11.9. The Labute approximate surface area is 121 Å². The van der Waals surface area contributed by atoms with Gasteiger partial charge >= 0.3 is 0 Å². The van der Waals surface area contributed by atoms with E-state index >= 15 is 0 Å². The van der Waals surface area contributed by atoms with E-state index in [1.165, 1.54) is 6.42 Å². The molecule has 1 fully saturated rings. The van der Waals surface area contributed by atoms with E-state index in [-0.39, 0.29) is 11.7 Å². The summed E-state index contributed by atoms with van der Waals surface area (Å²) in [7, 11) is 0. The maximum Gasteiger partial charge on any atom is 0.241 e. The molecule has 0 bridgehead atoms. The van der Waals surface area contributed by atoms with Gasteiger partial charge in [-0.15, -0.1) is 0 Å². The van der Waals surface area contributed by atoms with Crippen LogP contribution in [0.5, 0.6) is 0 Å². The van der Waals surface area contributed by atoms with Gasteiger partial charge in [-0.1, -0.05) is 19.3 Å². The van der Waals surface area contributed by atoms with Gasteiger partial charge in [0.1, 0.15) is 0 Å². The van der Waals surface area contributed by atoms with Crippen LogP contribution in [0.1, 0.15) is 39.0 Å². The number of rotatable bonds is 4. The minimum Gasteiger partial charge on any atom is -0.322 e. The van der Waals surface area contributed by atoms with Crippen LogP contribution in [0.2, 0.25) is 0 Å². The number of benzene rings is 1. The fourth-order valence-corrected chi connectivity index (χ4v) is 2.56. The number of hydrogen-bond donors (Lipinski definition) is 2. The Morgan fingerprint density at radius 1 is 1.14 bits per heavy atom. The predicted molar refractivity (Wildman–Crippen MR) is 74.4 cm³/mol. The van der Waals surface area contributed by atoms with Crippen LogP contribution in [-0.4, -0.2) is 18.0 Å². The Morgan fingerprint density at radius 2 is 1.81 bits per heavy atom. The van der Waals surface area contributed by atoms with Crippen molar-refractivity contribution in [3.63, 3.8) is 0 Å². The van der Waals surface area contributed by atoms with Crippen molar-refractivity contribution in [3.8, 4) is 0 Å². The molecule has 1 atom stereocenters. The molecule has 3 nitrogen and oxygen atoms in total. The third-order valence-corrected chi connectivity index (χ3v) is 3.78. The van der Waals surface area contributed by atoms with Gasteiger partial charge in [-0.05, 0) is 31.9 Å². The lowest BCUT2D eigenvalue weighted by molar-refractivity contribution is -0.118. The molecule has 1 amide bonds. The first-order chi connectivity index (χ1) is 9.99. The number of carbonyl (C=O) groups excluding carboxylic acids is 1. The molecule has 116 valence electrons. The Kier molecular flexibility index (Phi) is 5.22. The second kappa shape index (κ2) is 6.93. The molecule has 0 heterocycles. The molecule has 0 unspecified atom stereocenters. The molecule has 0 aliphatic heterocycles. The molecule has 0 spiro atoms. The number of nitrogens with one attached hydrogen (secondary N) is 2. The maximum absolute atomic E-state index is 13.5. The van der Waals surface area contributed by atoms with Crippen molar-refractivity contribution in [3.05, 3.63) is 29.6 Å². The van der Waals surface area contributed by atoms with Crippen molar-refractivity contribution in [2.75, 3.05) is 5.32 Å². The second-order valence-corrected chi connectivity index (χ2v) is 5.44. The highest BCUT2D eigenvalue weighted by atomic mass is 19.2. The van der Waals surface area contributed by atoms with Gasteiger partial charge in [-0.3, -0.25) is 4.79 Å². The van der Waals surface area contributed by atoms with Gasteiger partial charge in [0.2, 0.25) is 5.91 Å². The average Bonchev–Trinajstić information content (AvgIpc) is 2.48. The molecule has 6 heteroatoms. The molecule has 2 N–H and O–H groups in total. The molecule has 0 saturated heterocycles. The fourth-order valence-electron chi connectivity index (χ4n) is 2.56. The lowest BCUT2D eigenvalue weighted by atomic mass is 9.95. The van der Waals surface area contributed by atoms with Crippen molar-refractivity contribution >= 4 is 11.6 Å². The van der Waals surface area contributed by atoms with Crippen LogP contribution < -0.4 is 10.6 Å². The molecule has 2 rings (SSSR count). The average molecular weight is 300 g/mol. The first-order valence-electron chi connectivity index (χ1n) is 7.19. The van der Waals surface area contributed by atoms with Crippen molar-refractivity contribution in [1.82, 2.24) is 5.32 Å².